The molecular formula is C13H18F3N3O. The largest absolute Gasteiger partial charge is 0.416 e. The average molecular weight is 289 g/mol. The molecule has 0 unspecified atom stereocenters. The molecule has 20 heavy (non-hydrogen) atoms. The lowest BCUT2D eigenvalue weighted by atomic mass is 10.2. The SMILES string of the molecule is CC(C)CNC(=O)CCNc1cc(C(F)(F)F)ccn1. The lowest BCUT2D eigenvalue weighted by Crippen LogP contribution is -2.28. The maximum Gasteiger partial charge on any atom is 0.416 e. The van der Waals surface area contributed by atoms with Gasteiger partial charge < -0.3 is 10.6 Å². The van der Waals surface area contributed by atoms with Crippen molar-refractivity contribution in [2.45, 2.75) is 26.4 Å². The number of amides is 1. The van der Waals surface area contributed by atoms with Crippen LogP contribution in [0.1, 0.15) is 25.8 Å². The Morgan fingerprint density at radius 3 is 2.70 bits per heavy atom. The molecule has 7 heteroatoms. The summed E-state index contributed by atoms with van der Waals surface area (Å²) in [5.74, 6) is 0.326. The third kappa shape index (κ3) is 5.90. The number of aromatic nitrogens is 1. The van der Waals surface area contributed by atoms with E-state index in [1.54, 1.807) is 0 Å². The van der Waals surface area contributed by atoms with Gasteiger partial charge in [0.1, 0.15) is 5.82 Å². The molecule has 1 heterocycles. The summed E-state index contributed by atoms with van der Waals surface area (Å²) in [4.78, 5) is 15.2. The van der Waals surface area contributed by atoms with Crippen LogP contribution in [-0.2, 0) is 11.0 Å². The molecular weight excluding hydrogens is 271 g/mol. The first-order chi connectivity index (χ1) is 9.29. The molecule has 2 N–H and O–H groups in total. The Bertz CT molecular complexity index is 447. The van der Waals surface area contributed by atoms with E-state index in [-0.39, 0.29) is 24.7 Å². The molecule has 0 fully saturated rings. The molecule has 112 valence electrons. The predicted octanol–water partition coefficient (Wildman–Crippen LogP) is 2.67. The van der Waals surface area contributed by atoms with Crippen LogP contribution < -0.4 is 10.6 Å². The molecule has 0 bridgehead atoms. The van der Waals surface area contributed by atoms with Crippen LogP contribution in [0.3, 0.4) is 0 Å². The van der Waals surface area contributed by atoms with Crippen molar-refractivity contribution in [2.24, 2.45) is 5.92 Å². The number of anilines is 1. The smallest absolute Gasteiger partial charge is 0.370 e. The van der Waals surface area contributed by atoms with Gasteiger partial charge in [-0.1, -0.05) is 13.8 Å². The van der Waals surface area contributed by atoms with Crippen LogP contribution in [0.25, 0.3) is 0 Å². The highest BCUT2D eigenvalue weighted by Gasteiger charge is 2.30. The normalized spacial score (nSPS) is 11.5. The topological polar surface area (TPSA) is 54.0 Å². The van der Waals surface area contributed by atoms with Crippen LogP contribution >= 0.6 is 0 Å². The zero-order valence-electron chi connectivity index (χ0n) is 11.4. The molecule has 0 saturated heterocycles. The Hall–Kier alpha value is -1.79. The predicted molar refractivity (Wildman–Crippen MR) is 70.2 cm³/mol. The van der Waals surface area contributed by atoms with Crippen molar-refractivity contribution < 1.29 is 18.0 Å². The van der Waals surface area contributed by atoms with E-state index in [9.17, 15) is 18.0 Å². The lowest BCUT2D eigenvalue weighted by molar-refractivity contribution is -0.137. The number of nitrogens with zero attached hydrogens (tertiary/aromatic N) is 1. The molecule has 1 rings (SSSR count). The molecule has 0 aliphatic rings. The van der Waals surface area contributed by atoms with Crippen LogP contribution in [0, 0.1) is 5.92 Å². The van der Waals surface area contributed by atoms with E-state index in [2.05, 4.69) is 15.6 Å². The second-order valence-electron chi connectivity index (χ2n) is 4.80. The number of rotatable bonds is 6. The van der Waals surface area contributed by atoms with Crippen molar-refractivity contribution in [3.05, 3.63) is 23.9 Å². The van der Waals surface area contributed by atoms with Crippen molar-refractivity contribution in [3.63, 3.8) is 0 Å². The van der Waals surface area contributed by atoms with Gasteiger partial charge >= 0.3 is 6.18 Å². The van der Waals surface area contributed by atoms with Gasteiger partial charge in [0, 0.05) is 25.7 Å². The molecule has 0 radical (unpaired) electrons. The molecule has 0 saturated carbocycles. The number of pyridine rings is 1. The summed E-state index contributed by atoms with van der Waals surface area (Å²) < 4.78 is 37.4. The van der Waals surface area contributed by atoms with E-state index in [1.165, 1.54) is 0 Å². The van der Waals surface area contributed by atoms with Gasteiger partial charge in [0.25, 0.3) is 0 Å². The fraction of sp³-hybridized carbons (Fsp3) is 0.538. The highest BCUT2D eigenvalue weighted by molar-refractivity contribution is 5.76. The van der Waals surface area contributed by atoms with Crippen LogP contribution in [0.15, 0.2) is 18.3 Å². The molecule has 1 aromatic heterocycles. The first kappa shape index (κ1) is 16.3. The van der Waals surface area contributed by atoms with Gasteiger partial charge in [0.2, 0.25) is 5.91 Å². The summed E-state index contributed by atoms with van der Waals surface area (Å²) in [5, 5.41) is 5.43. The summed E-state index contributed by atoms with van der Waals surface area (Å²) in [6, 6.07) is 1.83. The molecule has 0 aliphatic carbocycles. The summed E-state index contributed by atoms with van der Waals surface area (Å²) >= 11 is 0. The lowest BCUT2D eigenvalue weighted by Gasteiger charge is -2.10. The monoisotopic (exact) mass is 289 g/mol. The minimum atomic E-state index is -4.39. The first-order valence-electron chi connectivity index (χ1n) is 6.33. The molecule has 0 aromatic carbocycles. The molecule has 0 aliphatic heterocycles. The van der Waals surface area contributed by atoms with Gasteiger partial charge in [0.05, 0.1) is 5.56 Å². The van der Waals surface area contributed by atoms with Crippen LogP contribution in [0.4, 0.5) is 19.0 Å². The van der Waals surface area contributed by atoms with Gasteiger partial charge in [-0.25, -0.2) is 4.98 Å². The zero-order chi connectivity index (χ0) is 15.2. The number of carbonyl (C=O) groups is 1. The molecule has 1 aromatic rings. The summed E-state index contributed by atoms with van der Waals surface area (Å²) in [7, 11) is 0. The number of alkyl halides is 3. The number of carbonyl (C=O) groups excluding carboxylic acids is 1. The Labute approximate surface area is 115 Å². The third-order valence-corrected chi connectivity index (χ3v) is 2.45. The van der Waals surface area contributed by atoms with Gasteiger partial charge in [-0.05, 0) is 18.1 Å². The highest BCUT2D eigenvalue weighted by atomic mass is 19.4. The van der Waals surface area contributed by atoms with E-state index >= 15 is 0 Å². The highest BCUT2D eigenvalue weighted by Crippen LogP contribution is 2.29. The number of hydrogen-bond donors (Lipinski definition) is 2. The average Bonchev–Trinajstić information content (AvgIpc) is 2.36. The Balaban J connectivity index is 2.41. The van der Waals surface area contributed by atoms with Crippen LogP contribution in [-0.4, -0.2) is 24.0 Å². The van der Waals surface area contributed by atoms with Crippen molar-refractivity contribution in [3.8, 4) is 0 Å². The second kappa shape index (κ2) is 7.12. The van der Waals surface area contributed by atoms with E-state index < -0.39 is 11.7 Å². The van der Waals surface area contributed by atoms with E-state index in [0.29, 0.717) is 12.5 Å². The van der Waals surface area contributed by atoms with E-state index in [1.807, 2.05) is 13.8 Å². The minimum absolute atomic E-state index is 0.108. The fourth-order valence-electron chi connectivity index (χ4n) is 1.41. The van der Waals surface area contributed by atoms with Crippen molar-refractivity contribution in [1.29, 1.82) is 0 Å². The van der Waals surface area contributed by atoms with E-state index in [0.717, 1.165) is 18.3 Å². The van der Waals surface area contributed by atoms with Gasteiger partial charge in [-0.15, -0.1) is 0 Å². The molecule has 1 amide bonds. The van der Waals surface area contributed by atoms with Gasteiger partial charge in [-0.2, -0.15) is 13.2 Å². The Morgan fingerprint density at radius 2 is 2.10 bits per heavy atom. The molecule has 4 nitrogen and oxygen atoms in total. The second-order valence-corrected chi connectivity index (χ2v) is 4.80. The number of hydrogen-bond acceptors (Lipinski definition) is 3. The van der Waals surface area contributed by atoms with Crippen LogP contribution in [0.5, 0.6) is 0 Å². The van der Waals surface area contributed by atoms with Gasteiger partial charge in [-0.3, -0.25) is 4.79 Å². The summed E-state index contributed by atoms with van der Waals surface area (Å²) in [6.07, 6.45) is -3.12. The quantitative estimate of drug-likeness (QED) is 0.846. The maximum absolute atomic E-state index is 12.5. The minimum Gasteiger partial charge on any atom is -0.370 e. The number of nitrogens with one attached hydrogen (secondary N) is 2. The molecule has 0 spiro atoms. The standard InChI is InChI=1S/C13H18F3N3O/c1-9(2)8-19-12(20)4-6-18-11-7-10(3-5-17-11)13(14,15)16/h3,5,7,9H,4,6,8H2,1-2H3,(H,17,18)(H,19,20). The first-order valence-corrected chi connectivity index (χ1v) is 6.33. The number of halogens is 3. The zero-order valence-corrected chi connectivity index (χ0v) is 11.4. The van der Waals surface area contributed by atoms with E-state index in [4.69, 9.17) is 0 Å². The summed E-state index contributed by atoms with van der Waals surface area (Å²) in [5.41, 5.74) is -0.765. The van der Waals surface area contributed by atoms with Gasteiger partial charge in [0.15, 0.2) is 0 Å². The van der Waals surface area contributed by atoms with Crippen molar-refractivity contribution in [1.82, 2.24) is 10.3 Å². The Kier molecular flexibility index (Phi) is 5.79. The maximum atomic E-state index is 12.5. The van der Waals surface area contributed by atoms with Crippen LogP contribution in [0.2, 0.25) is 0 Å². The molecule has 0 atom stereocenters. The summed E-state index contributed by atoms with van der Waals surface area (Å²) in [6.45, 7) is 4.77. The van der Waals surface area contributed by atoms with Crippen molar-refractivity contribution in [2.75, 3.05) is 18.4 Å². The third-order valence-electron chi connectivity index (χ3n) is 2.45. The fourth-order valence-corrected chi connectivity index (χ4v) is 1.41. The van der Waals surface area contributed by atoms with Crippen molar-refractivity contribution >= 4 is 11.7 Å². The Morgan fingerprint density at radius 1 is 1.40 bits per heavy atom.